The van der Waals surface area contributed by atoms with E-state index in [9.17, 15) is 33.9 Å². The van der Waals surface area contributed by atoms with Gasteiger partial charge in [-0.1, -0.05) is 0 Å². The van der Waals surface area contributed by atoms with Crippen LogP contribution in [0, 0.1) is 0 Å². The molecule has 10 N–H and O–H groups in total. The van der Waals surface area contributed by atoms with Crippen LogP contribution in [0.15, 0.2) is 0 Å². The molecule has 0 heterocycles. The predicted molar refractivity (Wildman–Crippen MR) is 90.2 cm³/mol. The first-order valence-electron chi connectivity index (χ1n) is 7.94. The molecule has 0 spiro atoms. The first-order valence-corrected chi connectivity index (χ1v) is 7.94. The number of nitrogens with one attached hydrogen (secondary N) is 3. The molecule has 0 bridgehead atoms. The maximum Gasteiger partial charge on any atom is 0.326 e. The van der Waals surface area contributed by atoms with E-state index in [0.717, 1.165) is 0 Å². The molecule has 0 saturated carbocycles. The quantitative estimate of drug-likeness (QED) is 0.145. The number of aliphatic carboxylic acids is 2. The summed E-state index contributed by atoms with van der Waals surface area (Å²) < 4.78 is 0. The van der Waals surface area contributed by atoms with Crippen molar-refractivity contribution in [3.8, 4) is 0 Å². The predicted octanol–water partition coefficient (Wildman–Crippen LogP) is -4.78. The number of nitrogens with two attached hydrogens (primary N) is 2. The number of amides is 4. The lowest BCUT2D eigenvalue weighted by atomic mass is 10.1. The van der Waals surface area contributed by atoms with Crippen LogP contribution >= 0.6 is 0 Å². The van der Waals surface area contributed by atoms with Gasteiger partial charge in [-0.05, 0) is 6.42 Å². The summed E-state index contributed by atoms with van der Waals surface area (Å²) in [6.07, 6.45) is -1.08. The van der Waals surface area contributed by atoms with E-state index in [-0.39, 0.29) is 12.8 Å². The van der Waals surface area contributed by atoms with Crippen LogP contribution in [-0.2, 0) is 28.8 Å². The second kappa shape index (κ2) is 12.2. The summed E-state index contributed by atoms with van der Waals surface area (Å²) in [6, 6.07) is -4.44. The molecule has 0 fully saturated rings. The van der Waals surface area contributed by atoms with Gasteiger partial charge in [0.05, 0.1) is 25.6 Å². The molecular formula is C14H23N5O9. The number of carboxylic acid groups (broad SMARTS) is 2. The Labute approximate surface area is 158 Å². The van der Waals surface area contributed by atoms with Gasteiger partial charge in [-0.15, -0.1) is 0 Å². The van der Waals surface area contributed by atoms with Crippen molar-refractivity contribution in [2.75, 3.05) is 13.2 Å². The number of carbonyl (C=O) groups excluding carboxylic acids is 4. The van der Waals surface area contributed by atoms with Crippen LogP contribution in [-0.4, -0.2) is 82.2 Å². The molecule has 14 nitrogen and oxygen atoms in total. The number of carboxylic acids is 2. The molecule has 0 aliphatic rings. The number of primary amides is 1. The van der Waals surface area contributed by atoms with E-state index >= 15 is 0 Å². The van der Waals surface area contributed by atoms with Gasteiger partial charge < -0.3 is 42.7 Å². The topological polar surface area (TPSA) is 251 Å². The first-order chi connectivity index (χ1) is 13.0. The maximum absolute atomic E-state index is 11.9. The number of aliphatic hydroxyl groups excluding tert-OH is 1. The molecule has 0 rings (SSSR count). The molecule has 3 unspecified atom stereocenters. The lowest BCUT2D eigenvalue weighted by Gasteiger charge is -2.19. The fourth-order valence-corrected chi connectivity index (χ4v) is 1.81. The Morgan fingerprint density at radius 1 is 0.929 bits per heavy atom. The van der Waals surface area contributed by atoms with Crippen molar-refractivity contribution in [3.05, 3.63) is 0 Å². The smallest absolute Gasteiger partial charge is 0.326 e. The minimum absolute atomic E-state index is 0.0371. The van der Waals surface area contributed by atoms with E-state index in [1.807, 2.05) is 10.6 Å². The molecule has 4 amide bonds. The van der Waals surface area contributed by atoms with Crippen LogP contribution in [0.3, 0.4) is 0 Å². The van der Waals surface area contributed by atoms with Crippen molar-refractivity contribution in [1.82, 2.24) is 16.0 Å². The molecule has 158 valence electrons. The minimum atomic E-state index is -1.76. The van der Waals surface area contributed by atoms with E-state index in [2.05, 4.69) is 5.32 Å². The van der Waals surface area contributed by atoms with Crippen molar-refractivity contribution < 1.29 is 44.1 Å². The maximum atomic E-state index is 11.9. The Bertz CT molecular complexity index is 624. The number of carbonyl (C=O) groups is 6. The third-order valence-corrected chi connectivity index (χ3v) is 3.29. The van der Waals surface area contributed by atoms with Crippen LogP contribution in [0.4, 0.5) is 0 Å². The Balaban J connectivity index is 4.59. The van der Waals surface area contributed by atoms with E-state index in [0.29, 0.717) is 0 Å². The van der Waals surface area contributed by atoms with Crippen LogP contribution in [0.2, 0.25) is 0 Å². The number of hydrogen-bond donors (Lipinski definition) is 8. The monoisotopic (exact) mass is 405 g/mol. The number of aliphatic hydroxyl groups is 1. The van der Waals surface area contributed by atoms with Gasteiger partial charge in [-0.3, -0.25) is 24.0 Å². The average molecular weight is 405 g/mol. The molecular weight excluding hydrogens is 382 g/mol. The highest BCUT2D eigenvalue weighted by Crippen LogP contribution is 1.96. The summed E-state index contributed by atoms with van der Waals surface area (Å²) in [6.45, 7) is -1.53. The van der Waals surface area contributed by atoms with Crippen LogP contribution in [0.25, 0.3) is 0 Å². The summed E-state index contributed by atoms with van der Waals surface area (Å²) in [7, 11) is 0. The van der Waals surface area contributed by atoms with Crippen molar-refractivity contribution in [3.63, 3.8) is 0 Å². The fourth-order valence-electron chi connectivity index (χ4n) is 1.81. The summed E-state index contributed by atoms with van der Waals surface area (Å²) in [5.41, 5.74) is 10.4. The van der Waals surface area contributed by atoms with E-state index in [4.69, 9.17) is 21.7 Å². The van der Waals surface area contributed by atoms with Gasteiger partial charge in [0, 0.05) is 6.42 Å². The lowest BCUT2D eigenvalue weighted by Crippen LogP contribution is -2.55. The Kier molecular flexibility index (Phi) is 10.8. The molecule has 0 aromatic carbocycles. The summed E-state index contributed by atoms with van der Waals surface area (Å²) in [5.74, 6) is -6.54. The van der Waals surface area contributed by atoms with Gasteiger partial charge in [0.1, 0.15) is 12.1 Å². The highest BCUT2D eigenvalue weighted by atomic mass is 16.4. The molecule has 3 atom stereocenters. The molecule has 0 aromatic heterocycles. The Hall–Kier alpha value is -3.26. The van der Waals surface area contributed by atoms with Gasteiger partial charge in [-0.25, -0.2) is 4.79 Å². The molecule has 14 heteroatoms. The van der Waals surface area contributed by atoms with Gasteiger partial charge in [-0.2, -0.15) is 0 Å². The molecule has 0 aliphatic heterocycles. The largest absolute Gasteiger partial charge is 0.481 e. The highest BCUT2D eigenvalue weighted by molar-refractivity contribution is 5.93. The summed E-state index contributed by atoms with van der Waals surface area (Å²) in [5, 5.41) is 32.7. The van der Waals surface area contributed by atoms with Crippen LogP contribution in [0.5, 0.6) is 0 Å². The third kappa shape index (κ3) is 10.0. The average Bonchev–Trinajstić information content (AvgIpc) is 2.60. The third-order valence-electron chi connectivity index (χ3n) is 3.29. The molecule has 0 radical (unpaired) electrons. The van der Waals surface area contributed by atoms with Gasteiger partial charge >= 0.3 is 11.9 Å². The normalized spacial score (nSPS) is 13.5. The van der Waals surface area contributed by atoms with Crippen LogP contribution in [0.1, 0.15) is 19.3 Å². The molecule has 0 saturated heterocycles. The van der Waals surface area contributed by atoms with Gasteiger partial charge in [0.25, 0.3) is 0 Å². The number of hydrogen-bond acceptors (Lipinski definition) is 8. The second-order valence-electron chi connectivity index (χ2n) is 5.63. The summed E-state index contributed by atoms with van der Waals surface area (Å²) in [4.78, 5) is 67.5. The van der Waals surface area contributed by atoms with Crippen LogP contribution < -0.4 is 27.4 Å². The summed E-state index contributed by atoms with van der Waals surface area (Å²) >= 11 is 0. The van der Waals surface area contributed by atoms with Crippen molar-refractivity contribution >= 4 is 35.6 Å². The SMILES string of the molecule is NC(=O)CCC(N)C(=O)NCC(=O)NC(CO)C(=O)NC(CC(=O)O)C(=O)O. The molecule has 0 aromatic rings. The Morgan fingerprint density at radius 3 is 2.00 bits per heavy atom. The van der Waals surface area contributed by atoms with E-state index in [1.54, 1.807) is 0 Å². The Morgan fingerprint density at radius 2 is 1.54 bits per heavy atom. The second-order valence-corrected chi connectivity index (χ2v) is 5.63. The minimum Gasteiger partial charge on any atom is -0.481 e. The van der Waals surface area contributed by atoms with Crippen molar-refractivity contribution in [2.45, 2.75) is 37.4 Å². The molecule has 28 heavy (non-hydrogen) atoms. The number of rotatable bonds is 13. The zero-order valence-electron chi connectivity index (χ0n) is 14.7. The first kappa shape index (κ1) is 24.7. The van der Waals surface area contributed by atoms with Crippen molar-refractivity contribution in [1.29, 1.82) is 0 Å². The highest BCUT2D eigenvalue weighted by Gasteiger charge is 2.28. The zero-order valence-corrected chi connectivity index (χ0v) is 14.7. The van der Waals surface area contributed by atoms with E-state index in [1.165, 1.54) is 0 Å². The standard InChI is InChI=1S/C14H23N5O9/c15-6(1-2-9(16)21)12(25)17-4-10(22)18-8(5-20)13(26)19-7(14(27)28)3-11(23)24/h6-8,20H,1-5,15H2,(H2,16,21)(H,17,25)(H,18,22)(H,19,26)(H,23,24)(H,27,28). The zero-order chi connectivity index (χ0) is 21.9. The van der Waals surface area contributed by atoms with E-state index < -0.39 is 73.3 Å². The molecule has 0 aliphatic carbocycles. The van der Waals surface area contributed by atoms with Crippen molar-refractivity contribution in [2.24, 2.45) is 11.5 Å². The lowest BCUT2D eigenvalue weighted by molar-refractivity contribution is -0.147. The van der Waals surface area contributed by atoms with Gasteiger partial charge in [0.15, 0.2) is 0 Å². The fraction of sp³-hybridized carbons (Fsp3) is 0.571. The van der Waals surface area contributed by atoms with Gasteiger partial charge in [0.2, 0.25) is 23.6 Å².